The van der Waals surface area contributed by atoms with Crippen molar-refractivity contribution in [2.45, 2.75) is 11.8 Å². The largest absolute Gasteiger partial charge is 0.347 e. The third kappa shape index (κ3) is 7.17. The Labute approximate surface area is 184 Å². The molecule has 0 aliphatic carbocycles. The molecule has 1 amide bonds. The van der Waals surface area contributed by atoms with Crippen molar-refractivity contribution in [2.24, 2.45) is 0 Å². The Morgan fingerprint density at radius 1 is 1.06 bits per heavy atom. The Bertz CT molecular complexity index is 1010. The molecule has 0 radical (unpaired) electrons. The highest BCUT2D eigenvalue weighted by Crippen LogP contribution is 2.16. The minimum Gasteiger partial charge on any atom is -0.347 e. The van der Waals surface area contributed by atoms with E-state index in [0.29, 0.717) is 17.7 Å². The molecule has 3 rings (SSSR count). The minimum atomic E-state index is -3.64. The number of nitriles is 1. The van der Waals surface area contributed by atoms with E-state index in [1.54, 1.807) is 24.3 Å². The van der Waals surface area contributed by atoms with Crippen LogP contribution in [0.2, 0.25) is 0 Å². The molecule has 0 aromatic heterocycles. The standard InChI is InChI=1S/C23H28N4O3S/c1-26-11-13-27(14-12-26)16-22(21-5-3-2-4-6-21)25-23(28)18-31(29,30)17-20-9-7-19(15-24)8-10-20/h2-10,22H,11-14,16-18H2,1H3,(H,25,28). The number of carbonyl (C=O) groups is 1. The lowest BCUT2D eigenvalue weighted by Crippen LogP contribution is -2.48. The zero-order chi connectivity index (χ0) is 22.3. The third-order valence-corrected chi connectivity index (χ3v) is 6.87. The smallest absolute Gasteiger partial charge is 0.235 e. The van der Waals surface area contributed by atoms with Gasteiger partial charge < -0.3 is 10.2 Å². The van der Waals surface area contributed by atoms with Gasteiger partial charge in [-0.25, -0.2) is 8.42 Å². The second kappa shape index (κ2) is 10.5. The zero-order valence-electron chi connectivity index (χ0n) is 17.7. The van der Waals surface area contributed by atoms with E-state index in [0.717, 1.165) is 31.7 Å². The first-order valence-electron chi connectivity index (χ1n) is 10.3. The zero-order valence-corrected chi connectivity index (χ0v) is 18.5. The Morgan fingerprint density at radius 2 is 1.71 bits per heavy atom. The van der Waals surface area contributed by atoms with Crippen LogP contribution in [0.5, 0.6) is 0 Å². The molecule has 0 saturated carbocycles. The Kier molecular flexibility index (Phi) is 7.80. The van der Waals surface area contributed by atoms with Crippen LogP contribution in [0.4, 0.5) is 0 Å². The van der Waals surface area contributed by atoms with E-state index in [1.165, 1.54) is 0 Å². The van der Waals surface area contributed by atoms with Gasteiger partial charge in [0.2, 0.25) is 5.91 Å². The van der Waals surface area contributed by atoms with E-state index in [2.05, 4.69) is 22.2 Å². The molecule has 31 heavy (non-hydrogen) atoms. The van der Waals surface area contributed by atoms with Gasteiger partial charge in [0, 0.05) is 32.7 Å². The van der Waals surface area contributed by atoms with Crippen LogP contribution in [0.25, 0.3) is 0 Å². The summed E-state index contributed by atoms with van der Waals surface area (Å²) in [6.07, 6.45) is 0. The van der Waals surface area contributed by atoms with Gasteiger partial charge in [0.05, 0.1) is 23.4 Å². The third-order valence-electron chi connectivity index (χ3n) is 5.39. The second-order valence-corrected chi connectivity index (χ2v) is 10.0. The topological polar surface area (TPSA) is 93.5 Å². The van der Waals surface area contributed by atoms with Crippen LogP contribution in [-0.2, 0) is 20.4 Å². The fraction of sp³-hybridized carbons (Fsp3) is 0.391. The predicted molar refractivity (Wildman–Crippen MR) is 120 cm³/mol. The van der Waals surface area contributed by atoms with Crippen LogP contribution in [-0.4, -0.2) is 69.6 Å². The Morgan fingerprint density at radius 3 is 2.32 bits per heavy atom. The summed E-state index contributed by atoms with van der Waals surface area (Å²) in [6.45, 7) is 4.39. The first kappa shape index (κ1) is 22.9. The number of sulfone groups is 1. The van der Waals surface area contributed by atoms with Gasteiger partial charge in [0.1, 0.15) is 5.75 Å². The van der Waals surface area contributed by atoms with Crippen LogP contribution in [0.1, 0.15) is 22.7 Å². The molecule has 1 N–H and O–H groups in total. The summed E-state index contributed by atoms with van der Waals surface area (Å²) in [5.41, 5.74) is 1.98. The maximum atomic E-state index is 12.7. The SMILES string of the molecule is CN1CCN(CC(NC(=O)CS(=O)(=O)Cc2ccc(C#N)cc2)c2ccccc2)CC1. The molecule has 8 heteroatoms. The van der Waals surface area contributed by atoms with Crippen molar-refractivity contribution in [3.05, 3.63) is 71.3 Å². The van der Waals surface area contributed by atoms with Gasteiger partial charge >= 0.3 is 0 Å². The molecule has 1 fully saturated rings. The maximum absolute atomic E-state index is 12.7. The van der Waals surface area contributed by atoms with E-state index >= 15 is 0 Å². The number of piperazine rings is 1. The van der Waals surface area contributed by atoms with Crippen molar-refractivity contribution in [1.29, 1.82) is 5.26 Å². The highest BCUT2D eigenvalue weighted by atomic mass is 32.2. The minimum absolute atomic E-state index is 0.236. The number of hydrogen-bond acceptors (Lipinski definition) is 6. The molecule has 7 nitrogen and oxygen atoms in total. The summed E-state index contributed by atoms with van der Waals surface area (Å²) in [5.74, 6) is -1.31. The summed E-state index contributed by atoms with van der Waals surface area (Å²) in [4.78, 5) is 17.2. The predicted octanol–water partition coefficient (Wildman–Crippen LogP) is 1.58. The van der Waals surface area contributed by atoms with Gasteiger partial charge in [-0.1, -0.05) is 42.5 Å². The van der Waals surface area contributed by atoms with Gasteiger partial charge in [-0.05, 0) is 30.3 Å². The summed E-state index contributed by atoms with van der Waals surface area (Å²) in [7, 11) is -1.55. The van der Waals surface area contributed by atoms with Crippen LogP contribution >= 0.6 is 0 Å². The van der Waals surface area contributed by atoms with Gasteiger partial charge in [0.25, 0.3) is 0 Å². The first-order valence-corrected chi connectivity index (χ1v) is 12.1. The summed E-state index contributed by atoms with van der Waals surface area (Å²) in [6, 6.07) is 17.7. The van der Waals surface area contributed by atoms with Crippen molar-refractivity contribution in [1.82, 2.24) is 15.1 Å². The van der Waals surface area contributed by atoms with Crippen molar-refractivity contribution >= 4 is 15.7 Å². The Hall–Kier alpha value is -2.73. The molecule has 164 valence electrons. The van der Waals surface area contributed by atoms with E-state index in [9.17, 15) is 13.2 Å². The molecule has 0 spiro atoms. The summed E-state index contributed by atoms with van der Waals surface area (Å²) >= 11 is 0. The molecule has 1 atom stereocenters. The lowest BCUT2D eigenvalue weighted by atomic mass is 10.1. The van der Waals surface area contributed by atoms with E-state index in [4.69, 9.17) is 5.26 Å². The van der Waals surface area contributed by atoms with Crippen LogP contribution < -0.4 is 5.32 Å². The molecule has 1 aliphatic rings. The average Bonchev–Trinajstić information content (AvgIpc) is 2.75. The summed E-state index contributed by atoms with van der Waals surface area (Å²) < 4.78 is 25.1. The molecule has 1 aliphatic heterocycles. The molecule has 1 saturated heterocycles. The van der Waals surface area contributed by atoms with Crippen molar-refractivity contribution in [2.75, 3.05) is 45.5 Å². The number of nitrogens with zero attached hydrogens (tertiary/aromatic N) is 3. The van der Waals surface area contributed by atoms with Gasteiger partial charge in [-0.3, -0.25) is 9.69 Å². The molecule has 0 bridgehead atoms. The highest BCUT2D eigenvalue weighted by molar-refractivity contribution is 7.91. The molecular weight excluding hydrogens is 412 g/mol. The second-order valence-electron chi connectivity index (χ2n) is 7.98. The maximum Gasteiger partial charge on any atom is 0.235 e. The lowest BCUT2D eigenvalue weighted by molar-refractivity contribution is -0.119. The molecule has 2 aromatic rings. The number of rotatable bonds is 8. The number of carbonyl (C=O) groups excluding carboxylic acids is 1. The number of amides is 1. The molecule has 1 heterocycles. The van der Waals surface area contributed by atoms with Gasteiger partial charge in [-0.2, -0.15) is 5.26 Å². The normalized spacial score (nSPS) is 16.4. The first-order chi connectivity index (χ1) is 14.8. The van der Waals surface area contributed by atoms with E-state index < -0.39 is 21.5 Å². The van der Waals surface area contributed by atoms with Crippen molar-refractivity contribution in [3.63, 3.8) is 0 Å². The summed E-state index contributed by atoms with van der Waals surface area (Å²) in [5, 5.41) is 11.8. The van der Waals surface area contributed by atoms with E-state index in [-0.39, 0.29) is 11.8 Å². The van der Waals surface area contributed by atoms with Crippen LogP contribution in [0.3, 0.4) is 0 Å². The molecule has 2 aromatic carbocycles. The lowest BCUT2D eigenvalue weighted by Gasteiger charge is -2.35. The van der Waals surface area contributed by atoms with Gasteiger partial charge in [0.15, 0.2) is 9.84 Å². The van der Waals surface area contributed by atoms with Crippen LogP contribution in [0.15, 0.2) is 54.6 Å². The van der Waals surface area contributed by atoms with Crippen LogP contribution in [0, 0.1) is 11.3 Å². The fourth-order valence-electron chi connectivity index (χ4n) is 3.62. The van der Waals surface area contributed by atoms with E-state index in [1.807, 2.05) is 36.4 Å². The number of benzene rings is 2. The fourth-order valence-corrected chi connectivity index (χ4v) is 4.91. The van der Waals surface area contributed by atoms with Crippen molar-refractivity contribution in [3.8, 4) is 6.07 Å². The monoisotopic (exact) mass is 440 g/mol. The average molecular weight is 441 g/mol. The van der Waals surface area contributed by atoms with Gasteiger partial charge in [-0.15, -0.1) is 0 Å². The molecule has 1 unspecified atom stereocenters. The quantitative estimate of drug-likeness (QED) is 0.670. The number of hydrogen-bond donors (Lipinski definition) is 1. The highest BCUT2D eigenvalue weighted by Gasteiger charge is 2.24. The van der Waals surface area contributed by atoms with Crippen molar-refractivity contribution < 1.29 is 13.2 Å². The molecular formula is C23H28N4O3S. The number of nitrogens with one attached hydrogen (secondary N) is 1. The number of likely N-dealkylation sites (N-methyl/N-ethyl adjacent to an activating group) is 1. The Balaban J connectivity index is 1.64.